The summed E-state index contributed by atoms with van der Waals surface area (Å²) in [5.74, 6) is 0.257. The topological polar surface area (TPSA) is 35.5 Å². The number of ketones is 1. The van der Waals surface area contributed by atoms with Crippen molar-refractivity contribution >= 4 is 5.78 Å². The summed E-state index contributed by atoms with van der Waals surface area (Å²) in [6.07, 6.45) is 4.44. The molecule has 3 heteroatoms. The Labute approximate surface area is 133 Å². The molecule has 120 valence electrons. The Hall–Kier alpha value is -1.45. The lowest BCUT2D eigenvalue weighted by Crippen LogP contribution is -2.43. The lowest BCUT2D eigenvalue weighted by molar-refractivity contribution is -0.238. The molecule has 3 nitrogen and oxygen atoms in total. The van der Waals surface area contributed by atoms with Gasteiger partial charge in [-0.1, -0.05) is 50.3 Å². The van der Waals surface area contributed by atoms with Crippen molar-refractivity contribution < 1.29 is 14.3 Å². The zero-order valence-corrected chi connectivity index (χ0v) is 13.6. The van der Waals surface area contributed by atoms with Gasteiger partial charge in [0.2, 0.25) is 0 Å². The van der Waals surface area contributed by atoms with Gasteiger partial charge in [-0.3, -0.25) is 4.79 Å². The van der Waals surface area contributed by atoms with Crippen LogP contribution in [0.25, 0.3) is 0 Å². The number of ether oxygens (including phenoxy) is 2. The van der Waals surface area contributed by atoms with Gasteiger partial charge in [0.25, 0.3) is 0 Å². The number of carbonyl (C=O) groups is 1. The van der Waals surface area contributed by atoms with Crippen molar-refractivity contribution in [2.24, 2.45) is 5.41 Å². The summed E-state index contributed by atoms with van der Waals surface area (Å²) in [5, 5.41) is 0. The maximum absolute atomic E-state index is 12.5. The molecule has 1 aliphatic rings. The van der Waals surface area contributed by atoms with Crippen molar-refractivity contribution in [3.8, 4) is 0 Å². The molecule has 1 saturated heterocycles. The summed E-state index contributed by atoms with van der Waals surface area (Å²) in [5.41, 5.74) is 0.514. The summed E-state index contributed by atoms with van der Waals surface area (Å²) in [4.78, 5) is 12.5. The van der Waals surface area contributed by atoms with Crippen molar-refractivity contribution in [1.29, 1.82) is 0 Å². The van der Waals surface area contributed by atoms with Crippen LogP contribution in [0.4, 0.5) is 0 Å². The minimum Gasteiger partial charge on any atom is -0.348 e. The second-order valence-corrected chi connectivity index (χ2v) is 6.35. The summed E-state index contributed by atoms with van der Waals surface area (Å²) < 4.78 is 11.8. The maximum atomic E-state index is 12.5. The number of allylic oxidation sites excluding steroid dienone is 1. The molecule has 0 N–H and O–H groups in total. The number of Topliss-reactive ketones (excluding diaryl/α,β-unsaturated/α-hetero) is 1. The first kappa shape index (κ1) is 16.9. The molecule has 1 fully saturated rings. The van der Waals surface area contributed by atoms with Crippen LogP contribution in [0, 0.1) is 5.41 Å². The highest BCUT2D eigenvalue weighted by Gasteiger charge is 2.40. The Morgan fingerprint density at radius 3 is 2.77 bits per heavy atom. The Balaban J connectivity index is 2.01. The van der Waals surface area contributed by atoms with Gasteiger partial charge in [0.1, 0.15) is 5.78 Å². The second kappa shape index (κ2) is 7.70. The lowest BCUT2D eigenvalue weighted by Gasteiger charge is -2.39. The van der Waals surface area contributed by atoms with E-state index >= 15 is 0 Å². The average Bonchev–Trinajstić information content (AvgIpc) is 2.56. The highest BCUT2D eigenvalue weighted by Crippen LogP contribution is 2.36. The Bertz CT molecular complexity index is 493. The Morgan fingerprint density at radius 1 is 1.36 bits per heavy atom. The fraction of sp³-hybridized carbons (Fsp3) is 0.526. The van der Waals surface area contributed by atoms with Gasteiger partial charge in [-0.15, -0.1) is 6.58 Å². The molecular weight excluding hydrogens is 276 g/mol. The fourth-order valence-electron chi connectivity index (χ4n) is 2.76. The predicted molar refractivity (Wildman–Crippen MR) is 87.5 cm³/mol. The standard InChI is InChI=1S/C19H26O3/c1-4-5-7-12-16(20)19(2,3)17-13-14-21-18(22-17)15-10-8-6-9-11-15/h4,6,8-11,17-18H,1,5,7,12-14H2,2-3H3/t17-,18-/m0/s1. The van der Waals surface area contributed by atoms with Gasteiger partial charge in [0, 0.05) is 17.4 Å². The van der Waals surface area contributed by atoms with Crippen molar-refractivity contribution in [1.82, 2.24) is 0 Å². The van der Waals surface area contributed by atoms with Crippen LogP contribution in [0.2, 0.25) is 0 Å². The lowest BCUT2D eigenvalue weighted by atomic mass is 9.78. The zero-order valence-electron chi connectivity index (χ0n) is 13.6. The first-order valence-corrected chi connectivity index (χ1v) is 8.02. The van der Waals surface area contributed by atoms with Crippen molar-refractivity contribution in [3.63, 3.8) is 0 Å². The van der Waals surface area contributed by atoms with Crippen molar-refractivity contribution in [3.05, 3.63) is 48.6 Å². The Morgan fingerprint density at radius 2 is 2.09 bits per heavy atom. The van der Waals surface area contributed by atoms with E-state index in [9.17, 15) is 4.79 Å². The molecule has 1 aliphatic heterocycles. The molecule has 1 heterocycles. The fourth-order valence-corrected chi connectivity index (χ4v) is 2.76. The van der Waals surface area contributed by atoms with E-state index in [1.54, 1.807) is 0 Å². The van der Waals surface area contributed by atoms with Gasteiger partial charge < -0.3 is 9.47 Å². The monoisotopic (exact) mass is 302 g/mol. The van der Waals surface area contributed by atoms with Crippen LogP contribution in [0.1, 0.15) is 51.4 Å². The largest absolute Gasteiger partial charge is 0.348 e. The molecule has 0 radical (unpaired) electrons. The molecule has 0 unspecified atom stereocenters. The summed E-state index contributed by atoms with van der Waals surface area (Å²) >= 11 is 0. The van der Waals surface area contributed by atoms with Crippen LogP contribution >= 0.6 is 0 Å². The van der Waals surface area contributed by atoms with E-state index in [0.717, 1.165) is 24.8 Å². The molecule has 0 amide bonds. The number of hydrogen-bond acceptors (Lipinski definition) is 3. The van der Waals surface area contributed by atoms with Crippen molar-refractivity contribution in [2.45, 2.75) is 51.9 Å². The third-order valence-electron chi connectivity index (χ3n) is 4.34. The molecule has 0 saturated carbocycles. The van der Waals surface area contributed by atoms with E-state index in [2.05, 4.69) is 6.58 Å². The number of carbonyl (C=O) groups excluding carboxylic acids is 1. The minimum absolute atomic E-state index is 0.109. The van der Waals surface area contributed by atoms with Crippen LogP contribution in [-0.2, 0) is 14.3 Å². The van der Waals surface area contributed by atoms with E-state index in [-0.39, 0.29) is 18.2 Å². The molecule has 1 aromatic carbocycles. The third-order valence-corrected chi connectivity index (χ3v) is 4.34. The number of benzene rings is 1. The van der Waals surface area contributed by atoms with Gasteiger partial charge in [0.15, 0.2) is 6.29 Å². The predicted octanol–water partition coefficient (Wildman–Crippen LogP) is 4.44. The molecule has 0 bridgehead atoms. The molecule has 0 spiro atoms. The first-order chi connectivity index (χ1) is 10.6. The van der Waals surface area contributed by atoms with Gasteiger partial charge in [-0.2, -0.15) is 0 Å². The van der Waals surface area contributed by atoms with E-state index in [0.29, 0.717) is 13.0 Å². The number of hydrogen-bond donors (Lipinski definition) is 0. The maximum Gasteiger partial charge on any atom is 0.184 e. The Kier molecular flexibility index (Phi) is 5.92. The quantitative estimate of drug-likeness (QED) is 0.551. The average molecular weight is 302 g/mol. The number of unbranched alkanes of at least 4 members (excludes halogenated alkanes) is 1. The van der Waals surface area contributed by atoms with Gasteiger partial charge >= 0.3 is 0 Å². The summed E-state index contributed by atoms with van der Waals surface area (Å²) in [7, 11) is 0. The molecule has 2 atom stereocenters. The van der Waals surface area contributed by atoms with Crippen LogP contribution in [0.5, 0.6) is 0 Å². The first-order valence-electron chi connectivity index (χ1n) is 8.02. The van der Waals surface area contributed by atoms with Crippen LogP contribution in [0.3, 0.4) is 0 Å². The molecule has 1 aromatic rings. The SMILES string of the molecule is C=CCCCC(=O)C(C)(C)[C@@H]1CCO[C@H](c2ccccc2)O1. The summed E-state index contributed by atoms with van der Waals surface area (Å²) in [6.45, 7) is 8.29. The molecule has 2 rings (SSSR count). The molecule has 0 aliphatic carbocycles. The van der Waals surface area contributed by atoms with E-state index < -0.39 is 5.41 Å². The van der Waals surface area contributed by atoms with Crippen LogP contribution in [-0.4, -0.2) is 18.5 Å². The smallest absolute Gasteiger partial charge is 0.184 e. The van der Waals surface area contributed by atoms with Gasteiger partial charge in [-0.05, 0) is 19.3 Å². The molecule has 22 heavy (non-hydrogen) atoms. The van der Waals surface area contributed by atoms with Crippen LogP contribution < -0.4 is 0 Å². The highest BCUT2D eigenvalue weighted by atomic mass is 16.7. The van der Waals surface area contributed by atoms with Gasteiger partial charge in [0.05, 0.1) is 12.7 Å². The second-order valence-electron chi connectivity index (χ2n) is 6.35. The summed E-state index contributed by atoms with van der Waals surface area (Å²) in [6, 6.07) is 9.89. The van der Waals surface area contributed by atoms with E-state index in [1.165, 1.54) is 0 Å². The van der Waals surface area contributed by atoms with Gasteiger partial charge in [-0.25, -0.2) is 0 Å². The van der Waals surface area contributed by atoms with E-state index in [4.69, 9.17) is 9.47 Å². The zero-order chi connectivity index (χ0) is 16.0. The van der Waals surface area contributed by atoms with Crippen molar-refractivity contribution in [2.75, 3.05) is 6.61 Å². The highest BCUT2D eigenvalue weighted by molar-refractivity contribution is 5.84. The minimum atomic E-state index is -0.488. The molecule has 0 aromatic heterocycles. The third kappa shape index (κ3) is 4.05. The van der Waals surface area contributed by atoms with E-state index in [1.807, 2.05) is 50.3 Å². The molecular formula is C19H26O3. The number of rotatable bonds is 7. The normalized spacial score (nSPS) is 22.3. The van der Waals surface area contributed by atoms with Crippen LogP contribution in [0.15, 0.2) is 43.0 Å².